The Labute approximate surface area is 210 Å². The fourth-order valence-electron chi connectivity index (χ4n) is 4.18. The maximum Gasteiger partial charge on any atom is 0.338 e. The quantitative estimate of drug-likeness (QED) is 0.555. The minimum Gasteiger partial charge on any atom is -0.463 e. The summed E-state index contributed by atoms with van der Waals surface area (Å²) in [7, 11) is 2.93. The Morgan fingerprint density at radius 3 is 2.75 bits per heavy atom. The zero-order chi connectivity index (χ0) is 26.1. The van der Waals surface area contributed by atoms with Crippen molar-refractivity contribution in [3.05, 3.63) is 58.4 Å². The van der Waals surface area contributed by atoms with E-state index in [0.29, 0.717) is 5.17 Å². The summed E-state index contributed by atoms with van der Waals surface area (Å²) < 4.78 is 25.7. The summed E-state index contributed by atoms with van der Waals surface area (Å²) in [6.45, 7) is 1.66. The van der Waals surface area contributed by atoms with Crippen LogP contribution in [0.5, 0.6) is 0 Å². The van der Waals surface area contributed by atoms with E-state index in [0.717, 1.165) is 16.7 Å². The number of nitriles is 1. The van der Waals surface area contributed by atoms with Gasteiger partial charge >= 0.3 is 12.0 Å². The Bertz CT molecular complexity index is 1270. The number of nitrogens with one attached hydrogen (secondary N) is 1. The predicted molar refractivity (Wildman–Crippen MR) is 127 cm³/mol. The number of thioether (sulfide) groups is 1. The van der Waals surface area contributed by atoms with E-state index in [1.165, 1.54) is 30.1 Å². The van der Waals surface area contributed by atoms with Gasteiger partial charge in [0.25, 0.3) is 5.91 Å². The van der Waals surface area contributed by atoms with Crippen molar-refractivity contribution >= 4 is 34.8 Å². The molecule has 0 bridgehead atoms. The molecule has 36 heavy (non-hydrogen) atoms. The van der Waals surface area contributed by atoms with Crippen LogP contribution in [-0.2, 0) is 19.1 Å². The number of hydrogen-bond donors (Lipinski definition) is 2. The molecule has 3 heterocycles. The van der Waals surface area contributed by atoms with E-state index in [1.54, 1.807) is 20.0 Å². The largest absolute Gasteiger partial charge is 0.463 e. The van der Waals surface area contributed by atoms with Gasteiger partial charge in [-0.3, -0.25) is 9.69 Å². The highest BCUT2D eigenvalue weighted by atomic mass is 32.2. The second-order valence-electron chi connectivity index (χ2n) is 8.05. The van der Waals surface area contributed by atoms with Crippen molar-refractivity contribution in [2.24, 2.45) is 10.7 Å². The molecule has 13 heteroatoms. The van der Waals surface area contributed by atoms with Crippen LogP contribution in [-0.4, -0.2) is 71.5 Å². The number of allylic oxidation sites excluding steroid dienone is 1. The number of benzene rings is 1. The molecule has 0 spiro atoms. The number of ether oxygens (including phenoxy) is 2. The number of halogens is 1. The molecule has 1 aromatic carbocycles. The maximum atomic E-state index is 14.8. The van der Waals surface area contributed by atoms with E-state index < -0.39 is 41.9 Å². The summed E-state index contributed by atoms with van der Waals surface area (Å²) in [6.07, 6.45) is -0.726. The molecule has 1 fully saturated rings. The first-order valence-corrected chi connectivity index (χ1v) is 11.9. The SMILES string of the molecule is CCOC(=O)C1=C(CSC2=N[C@H]3[C@@H](N2)C(=O)N(C)C(=O)N3C)OC(N)=C(C#N)[C@@H]1c1ccccc1F. The molecule has 3 amide bonds. The van der Waals surface area contributed by atoms with Crippen molar-refractivity contribution in [2.45, 2.75) is 25.0 Å². The zero-order valence-corrected chi connectivity index (χ0v) is 20.5. The summed E-state index contributed by atoms with van der Waals surface area (Å²) >= 11 is 1.10. The van der Waals surface area contributed by atoms with Crippen molar-refractivity contribution in [3.8, 4) is 6.07 Å². The van der Waals surface area contributed by atoms with E-state index in [2.05, 4.69) is 10.3 Å². The van der Waals surface area contributed by atoms with Gasteiger partial charge in [-0.1, -0.05) is 30.0 Å². The maximum absolute atomic E-state index is 14.8. The van der Waals surface area contributed by atoms with Crippen LogP contribution >= 0.6 is 11.8 Å². The summed E-state index contributed by atoms with van der Waals surface area (Å²) in [5, 5.41) is 13.1. The lowest BCUT2D eigenvalue weighted by Crippen LogP contribution is -2.63. The molecule has 0 aromatic heterocycles. The second kappa shape index (κ2) is 9.90. The monoisotopic (exact) mass is 514 g/mol. The number of carbonyl (C=O) groups excluding carboxylic acids is 3. The number of nitrogens with zero attached hydrogens (tertiary/aromatic N) is 4. The van der Waals surface area contributed by atoms with Crippen molar-refractivity contribution < 1.29 is 28.2 Å². The number of likely N-dealkylation sites (N-methyl/N-ethyl adjacent to an activating group) is 2. The summed E-state index contributed by atoms with van der Waals surface area (Å²) in [5.74, 6) is -3.17. The van der Waals surface area contributed by atoms with Gasteiger partial charge in [0.15, 0.2) is 11.3 Å². The van der Waals surface area contributed by atoms with E-state index in [4.69, 9.17) is 15.2 Å². The topological polar surface area (TPSA) is 150 Å². The van der Waals surface area contributed by atoms with Crippen LogP contribution in [0, 0.1) is 17.1 Å². The Morgan fingerprint density at radius 2 is 2.08 bits per heavy atom. The zero-order valence-electron chi connectivity index (χ0n) is 19.6. The van der Waals surface area contributed by atoms with Gasteiger partial charge in [-0.2, -0.15) is 5.26 Å². The highest BCUT2D eigenvalue weighted by Crippen LogP contribution is 2.41. The molecule has 188 valence electrons. The Balaban J connectivity index is 1.68. The summed E-state index contributed by atoms with van der Waals surface area (Å²) in [6, 6.07) is 6.45. The lowest BCUT2D eigenvalue weighted by molar-refractivity contribution is -0.139. The molecule has 3 atom stereocenters. The third-order valence-electron chi connectivity index (χ3n) is 5.96. The Morgan fingerprint density at radius 1 is 1.36 bits per heavy atom. The molecule has 3 aliphatic rings. The molecule has 3 aliphatic heterocycles. The number of urea groups is 1. The number of fused-ring (bicyclic) bond motifs is 1. The first-order valence-electron chi connectivity index (χ1n) is 10.9. The number of carbonyl (C=O) groups is 3. The van der Waals surface area contributed by atoms with Crippen LogP contribution in [0.1, 0.15) is 18.4 Å². The molecule has 1 saturated heterocycles. The van der Waals surface area contributed by atoms with Crippen molar-refractivity contribution in [1.82, 2.24) is 15.1 Å². The fraction of sp³-hybridized carbons (Fsp3) is 0.348. The highest BCUT2D eigenvalue weighted by Gasteiger charge is 2.47. The number of hydrogen-bond acceptors (Lipinski definition) is 10. The fourth-order valence-corrected chi connectivity index (χ4v) is 5.06. The number of rotatable bonds is 5. The van der Waals surface area contributed by atoms with Gasteiger partial charge in [-0.25, -0.2) is 19.0 Å². The average molecular weight is 515 g/mol. The van der Waals surface area contributed by atoms with Gasteiger partial charge in [-0.05, 0) is 13.0 Å². The van der Waals surface area contributed by atoms with Crippen LogP contribution in [0.4, 0.5) is 9.18 Å². The molecule has 0 aliphatic carbocycles. The number of esters is 1. The molecule has 3 N–H and O–H groups in total. The lowest BCUT2D eigenvalue weighted by Gasteiger charge is -2.36. The molecule has 4 rings (SSSR count). The molecular formula is C23H23FN6O5S. The molecule has 1 aromatic rings. The molecule has 0 radical (unpaired) electrons. The molecular weight excluding hydrogens is 491 g/mol. The number of amidine groups is 1. The summed E-state index contributed by atoms with van der Waals surface area (Å²) in [5.41, 5.74) is 5.91. The average Bonchev–Trinajstić information content (AvgIpc) is 3.29. The number of nitrogens with two attached hydrogens (primary N) is 1. The van der Waals surface area contributed by atoms with Crippen LogP contribution < -0.4 is 11.1 Å². The third-order valence-corrected chi connectivity index (χ3v) is 6.86. The predicted octanol–water partition coefficient (Wildman–Crippen LogP) is 1.36. The van der Waals surface area contributed by atoms with Crippen LogP contribution in [0.25, 0.3) is 0 Å². The normalized spacial score (nSPS) is 23.6. The molecule has 0 saturated carbocycles. The first-order chi connectivity index (χ1) is 17.2. The lowest BCUT2D eigenvalue weighted by atomic mass is 9.83. The number of imide groups is 1. The van der Waals surface area contributed by atoms with Crippen molar-refractivity contribution in [3.63, 3.8) is 0 Å². The Kier molecular flexibility index (Phi) is 6.89. The minimum atomic E-state index is -1.14. The van der Waals surface area contributed by atoms with E-state index in [-0.39, 0.29) is 40.7 Å². The standard InChI is InChI=1S/C23H23FN6O5S/c1-4-34-21(32)16-14(35-18(26)12(9-25)15(16)11-7-5-6-8-13(11)24)10-36-22-27-17-19(28-22)29(2)23(33)30(3)20(17)31/h5-8,15,17,19H,4,10,26H2,1-3H3,(H,27,28)/t15-,17+,19+/m0/s1. The second-order valence-corrected chi connectivity index (χ2v) is 9.02. The highest BCUT2D eigenvalue weighted by molar-refractivity contribution is 8.14. The van der Waals surface area contributed by atoms with Gasteiger partial charge < -0.3 is 25.4 Å². The van der Waals surface area contributed by atoms with Gasteiger partial charge in [-0.15, -0.1) is 0 Å². The first kappa shape index (κ1) is 25.1. The minimum absolute atomic E-state index is 0.00846. The van der Waals surface area contributed by atoms with Crippen molar-refractivity contribution in [2.75, 3.05) is 26.5 Å². The van der Waals surface area contributed by atoms with Crippen LogP contribution in [0.3, 0.4) is 0 Å². The van der Waals surface area contributed by atoms with E-state index in [1.807, 2.05) is 6.07 Å². The van der Waals surface area contributed by atoms with Gasteiger partial charge in [0.1, 0.15) is 29.3 Å². The van der Waals surface area contributed by atoms with Crippen molar-refractivity contribution in [1.29, 1.82) is 5.26 Å². The van der Waals surface area contributed by atoms with E-state index >= 15 is 0 Å². The van der Waals surface area contributed by atoms with Gasteiger partial charge in [0, 0.05) is 19.7 Å². The van der Waals surface area contributed by atoms with Crippen LogP contribution in [0.15, 0.2) is 52.0 Å². The smallest absolute Gasteiger partial charge is 0.338 e. The van der Waals surface area contributed by atoms with Gasteiger partial charge in [0.05, 0.1) is 23.9 Å². The number of aliphatic imine (C=N–C) groups is 1. The third kappa shape index (κ3) is 4.24. The van der Waals surface area contributed by atoms with E-state index in [9.17, 15) is 24.0 Å². The Hall–Kier alpha value is -4.05. The van der Waals surface area contributed by atoms with Crippen LogP contribution in [0.2, 0.25) is 0 Å². The number of amides is 3. The molecule has 11 nitrogen and oxygen atoms in total. The van der Waals surface area contributed by atoms with Gasteiger partial charge in [0.2, 0.25) is 5.88 Å². The molecule has 0 unspecified atom stereocenters. The summed E-state index contributed by atoms with van der Waals surface area (Å²) in [4.78, 5) is 44.6.